The van der Waals surface area contributed by atoms with Gasteiger partial charge in [-0.1, -0.05) is 12.1 Å². The van der Waals surface area contributed by atoms with Gasteiger partial charge in [-0.25, -0.2) is 12.8 Å². The molecule has 0 saturated carbocycles. The summed E-state index contributed by atoms with van der Waals surface area (Å²) in [5, 5.41) is 2.65. The van der Waals surface area contributed by atoms with Gasteiger partial charge in [-0.3, -0.25) is 4.79 Å². The molecule has 1 heterocycles. The van der Waals surface area contributed by atoms with Crippen molar-refractivity contribution in [2.75, 3.05) is 25.5 Å². The van der Waals surface area contributed by atoms with Crippen LogP contribution in [-0.2, 0) is 10.0 Å². The molecule has 3 rings (SSSR count). The van der Waals surface area contributed by atoms with Gasteiger partial charge in [-0.15, -0.1) is 0 Å². The van der Waals surface area contributed by atoms with Crippen molar-refractivity contribution in [2.24, 2.45) is 0 Å². The highest BCUT2D eigenvalue weighted by atomic mass is 32.2. The molecule has 0 atom stereocenters. The highest BCUT2D eigenvalue weighted by Crippen LogP contribution is 2.26. The number of hydrogen-bond donors (Lipinski definition) is 1. The molecule has 26 heavy (non-hydrogen) atoms. The van der Waals surface area contributed by atoms with Crippen LogP contribution in [0.3, 0.4) is 0 Å². The molecule has 0 aliphatic carbocycles. The summed E-state index contributed by atoms with van der Waals surface area (Å²) in [6.07, 6.45) is 1.49. The molecule has 1 aliphatic heterocycles. The number of rotatable bonds is 5. The molecule has 0 radical (unpaired) electrons. The number of anilines is 1. The van der Waals surface area contributed by atoms with E-state index in [0.717, 1.165) is 25.0 Å². The molecule has 1 amide bonds. The first-order chi connectivity index (χ1) is 12.4. The van der Waals surface area contributed by atoms with E-state index in [2.05, 4.69) is 5.32 Å². The van der Waals surface area contributed by atoms with Crippen molar-refractivity contribution in [3.8, 4) is 5.75 Å². The molecule has 2 aromatic rings. The van der Waals surface area contributed by atoms with Crippen molar-refractivity contribution in [2.45, 2.75) is 17.7 Å². The molecule has 0 bridgehead atoms. The minimum absolute atomic E-state index is 0.0510. The number of ether oxygens (including phenoxy) is 1. The first kappa shape index (κ1) is 18.3. The fraction of sp³-hybridized carbons (Fsp3) is 0.278. The van der Waals surface area contributed by atoms with Gasteiger partial charge in [0.25, 0.3) is 5.91 Å². The average molecular weight is 378 g/mol. The molecule has 2 aromatic carbocycles. The highest BCUT2D eigenvalue weighted by molar-refractivity contribution is 7.89. The second kappa shape index (κ2) is 7.43. The molecule has 1 saturated heterocycles. The topological polar surface area (TPSA) is 75.7 Å². The highest BCUT2D eigenvalue weighted by Gasteiger charge is 2.30. The number of carbonyl (C=O) groups excluding carboxylic acids is 1. The zero-order valence-electron chi connectivity index (χ0n) is 14.2. The summed E-state index contributed by atoms with van der Waals surface area (Å²) in [5.41, 5.74) is 0.489. The molecule has 8 heteroatoms. The van der Waals surface area contributed by atoms with Crippen molar-refractivity contribution < 1.29 is 22.3 Å². The number of amides is 1. The van der Waals surface area contributed by atoms with E-state index in [4.69, 9.17) is 4.74 Å². The van der Waals surface area contributed by atoms with E-state index in [0.29, 0.717) is 24.5 Å². The normalized spacial score (nSPS) is 15.0. The van der Waals surface area contributed by atoms with E-state index in [1.54, 1.807) is 24.3 Å². The predicted molar refractivity (Wildman–Crippen MR) is 95.3 cm³/mol. The molecule has 1 N–H and O–H groups in total. The molecule has 138 valence electrons. The van der Waals surface area contributed by atoms with E-state index >= 15 is 0 Å². The number of para-hydroxylation sites is 2. The average Bonchev–Trinajstić information content (AvgIpc) is 3.18. The molecule has 0 aromatic heterocycles. The fourth-order valence-electron chi connectivity index (χ4n) is 2.85. The van der Waals surface area contributed by atoms with Gasteiger partial charge in [0, 0.05) is 18.7 Å². The molecule has 0 spiro atoms. The van der Waals surface area contributed by atoms with Gasteiger partial charge in [-0.05, 0) is 43.2 Å². The van der Waals surface area contributed by atoms with Gasteiger partial charge in [0.1, 0.15) is 16.5 Å². The summed E-state index contributed by atoms with van der Waals surface area (Å²) in [4.78, 5) is 12.0. The minimum Gasteiger partial charge on any atom is -0.495 e. The zero-order chi connectivity index (χ0) is 18.7. The van der Waals surface area contributed by atoms with Crippen LogP contribution in [0.2, 0.25) is 0 Å². The summed E-state index contributed by atoms with van der Waals surface area (Å²) in [7, 11) is -2.48. The maximum Gasteiger partial charge on any atom is 0.255 e. The van der Waals surface area contributed by atoms with Crippen LogP contribution in [0.25, 0.3) is 0 Å². The Kier molecular flexibility index (Phi) is 5.24. The third-order valence-electron chi connectivity index (χ3n) is 4.23. The van der Waals surface area contributed by atoms with E-state index < -0.39 is 26.6 Å². The first-order valence-corrected chi connectivity index (χ1v) is 9.61. The van der Waals surface area contributed by atoms with Gasteiger partial charge in [-0.2, -0.15) is 4.31 Å². The van der Waals surface area contributed by atoms with Crippen LogP contribution in [-0.4, -0.2) is 38.8 Å². The van der Waals surface area contributed by atoms with E-state index in [1.165, 1.54) is 17.5 Å². The number of benzene rings is 2. The molecule has 1 fully saturated rings. The largest absolute Gasteiger partial charge is 0.495 e. The second-order valence-corrected chi connectivity index (χ2v) is 7.82. The standard InChI is InChI=1S/C18H19FN2O4S/c1-25-16-7-3-2-6-15(16)20-18(22)13-8-9-14(19)17(12-13)26(23,24)21-10-4-5-11-21/h2-3,6-9,12H,4-5,10-11H2,1H3,(H,20,22). The SMILES string of the molecule is COc1ccccc1NC(=O)c1ccc(F)c(S(=O)(=O)N2CCCC2)c1. The number of methoxy groups -OCH3 is 1. The third kappa shape index (κ3) is 3.56. The summed E-state index contributed by atoms with van der Waals surface area (Å²) in [6, 6.07) is 10.2. The van der Waals surface area contributed by atoms with Crippen LogP contribution >= 0.6 is 0 Å². The van der Waals surface area contributed by atoms with Crippen molar-refractivity contribution in [1.29, 1.82) is 0 Å². The Balaban J connectivity index is 1.90. The van der Waals surface area contributed by atoms with Crippen molar-refractivity contribution >= 4 is 21.6 Å². The third-order valence-corrected chi connectivity index (χ3v) is 6.15. The maximum absolute atomic E-state index is 14.2. The monoisotopic (exact) mass is 378 g/mol. The smallest absolute Gasteiger partial charge is 0.255 e. The van der Waals surface area contributed by atoms with Crippen LogP contribution in [0.15, 0.2) is 47.4 Å². The van der Waals surface area contributed by atoms with Gasteiger partial charge < -0.3 is 10.1 Å². The Bertz CT molecular complexity index is 925. The van der Waals surface area contributed by atoms with Crippen LogP contribution in [0.1, 0.15) is 23.2 Å². The van der Waals surface area contributed by atoms with Crippen LogP contribution in [0.5, 0.6) is 5.75 Å². The predicted octanol–water partition coefficient (Wildman–Crippen LogP) is 2.87. The molecule has 1 aliphatic rings. The van der Waals surface area contributed by atoms with Gasteiger partial charge in [0.15, 0.2) is 0 Å². The fourth-order valence-corrected chi connectivity index (χ4v) is 4.46. The van der Waals surface area contributed by atoms with Gasteiger partial charge in [0.05, 0.1) is 12.8 Å². The molecular weight excluding hydrogens is 359 g/mol. The summed E-state index contributed by atoms with van der Waals surface area (Å²) >= 11 is 0. The molecule has 6 nitrogen and oxygen atoms in total. The lowest BCUT2D eigenvalue weighted by molar-refractivity contribution is 0.102. The number of sulfonamides is 1. The molecule has 0 unspecified atom stereocenters. The summed E-state index contributed by atoms with van der Waals surface area (Å²) < 4.78 is 45.8. The van der Waals surface area contributed by atoms with E-state index in [1.807, 2.05) is 0 Å². The minimum atomic E-state index is -3.96. The van der Waals surface area contributed by atoms with E-state index in [-0.39, 0.29) is 5.56 Å². The van der Waals surface area contributed by atoms with E-state index in [9.17, 15) is 17.6 Å². The number of hydrogen-bond acceptors (Lipinski definition) is 4. The van der Waals surface area contributed by atoms with Crippen LogP contribution in [0, 0.1) is 5.82 Å². The number of carbonyl (C=O) groups is 1. The maximum atomic E-state index is 14.2. The van der Waals surface area contributed by atoms with Crippen LogP contribution < -0.4 is 10.1 Å². The van der Waals surface area contributed by atoms with Gasteiger partial charge in [0.2, 0.25) is 10.0 Å². The zero-order valence-corrected chi connectivity index (χ0v) is 15.1. The number of nitrogens with one attached hydrogen (secondary N) is 1. The Hall–Kier alpha value is -2.45. The Morgan fingerprint density at radius 2 is 1.85 bits per heavy atom. The lowest BCUT2D eigenvalue weighted by atomic mass is 10.2. The van der Waals surface area contributed by atoms with Crippen molar-refractivity contribution in [1.82, 2.24) is 4.31 Å². The Morgan fingerprint density at radius 3 is 2.54 bits per heavy atom. The lowest BCUT2D eigenvalue weighted by Crippen LogP contribution is -2.29. The first-order valence-electron chi connectivity index (χ1n) is 8.17. The number of nitrogens with zero attached hydrogens (tertiary/aromatic N) is 1. The second-order valence-electron chi connectivity index (χ2n) is 5.91. The van der Waals surface area contributed by atoms with Crippen LogP contribution in [0.4, 0.5) is 10.1 Å². The number of halogens is 1. The van der Waals surface area contributed by atoms with Crippen molar-refractivity contribution in [3.63, 3.8) is 0 Å². The Labute approximate surface area is 151 Å². The van der Waals surface area contributed by atoms with Gasteiger partial charge >= 0.3 is 0 Å². The quantitative estimate of drug-likeness (QED) is 0.868. The van der Waals surface area contributed by atoms with Crippen molar-refractivity contribution in [3.05, 3.63) is 53.8 Å². The molecular formula is C18H19FN2O4S. The Morgan fingerprint density at radius 1 is 1.15 bits per heavy atom. The summed E-state index contributed by atoms with van der Waals surface area (Å²) in [6.45, 7) is 0.721. The summed E-state index contributed by atoms with van der Waals surface area (Å²) in [5.74, 6) is -0.953. The lowest BCUT2D eigenvalue weighted by Gasteiger charge is -2.16.